The lowest BCUT2D eigenvalue weighted by molar-refractivity contribution is -0.113. The first-order chi connectivity index (χ1) is 13.9. The Morgan fingerprint density at radius 1 is 1.21 bits per heavy atom. The first-order valence-corrected chi connectivity index (χ1v) is 10.5. The van der Waals surface area contributed by atoms with Crippen molar-refractivity contribution in [3.05, 3.63) is 69.1 Å². The Labute approximate surface area is 189 Å². The molecule has 0 aliphatic carbocycles. The summed E-state index contributed by atoms with van der Waals surface area (Å²) < 4.78 is 11.3. The maximum atomic E-state index is 13.0. The highest BCUT2D eigenvalue weighted by atomic mass is 35.5. The van der Waals surface area contributed by atoms with Crippen LogP contribution < -0.4 is 14.4 Å². The van der Waals surface area contributed by atoms with Gasteiger partial charge in [0.1, 0.15) is 0 Å². The van der Waals surface area contributed by atoms with Crippen LogP contribution in [-0.2, 0) is 11.2 Å². The summed E-state index contributed by atoms with van der Waals surface area (Å²) in [6.45, 7) is 3.78. The van der Waals surface area contributed by atoms with Crippen LogP contribution in [0.15, 0.2) is 47.9 Å². The minimum Gasteiger partial charge on any atom is -0.493 e. The predicted octanol–water partition coefficient (Wildman–Crippen LogP) is 6.14. The summed E-state index contributed by atoms with van der Waals surface area (Å²) in [7, 11) is 3.16. The molecule has 0 unspecified atom stereocenters. The third-order valence-corrected chi connectivity index (χ3v) is 6.02. The zero-order valence-corrected chi connectivity index (χ0v) is 18.8. The molecular formula is C21H17Cl2NO3S2. The molecule has 1 saturated heterocycles. The summed E-state index contributed by atoms with van der Waals surface area (Å²) in [4.78, 5) is 14.9. The topological polar surface area (TPSA) is 38.8 Å². The zero-order valence-electron chi connectivity index (χ0n) is 15.7. The van der Waals surface area contributed by atoms with Crippen molar-refractivity contribution >= 4 is 69.2 Å². The van der Waals surface area contributed by atoms with E-state index in [1.807, 2.05) is 12.1 Å². The molecule has 1 heterocycles. The average Bonchev–Trinajstić information content (AvgIpc) is 2.95. The van der Waals surface area contributed by atoms with E-state index >= 15 is 0 Å². The molecule has 8 heteroatoms. The Morgan fingerprint density at radius 3 is 2.59 bits per heavy atom. The number of hydrogen-bond donors (Lipinski definition) is 0. The molecule has 150 valence electrons. The summed E-state index contributed by atoms with van der Waals surface area (Å²) in [5.74, 6) is 0.976. The normalized spacial score (nSPS) is 15.2. The largest absolute Gasteiger partial charge is 0.493 e. The van der Waals surface area contributed by atoms with Crippen molar-refractivity contribution < 1.29 is 14.3 Å². The van der Waals surface area contributed by atoms with E-state index in [1.165, 1.54) is 16.7 Å². The van der Waals surface area contributed by atoms with Crippen molar-refractivity contribution in [2.45, 2.75) is 6.42 Å². The lowest BCUT2D eigenvalue weighted by Crippen LogP contribution is -2.27. The first-order valence-electron chi connectivity index (χ1n) is 8.48. The fourth-order valence-corrected chi connectivity index (χ4v) is 4.72. The quantitative estimate of drug-likeness (QED) is 0.290. The van der Waals surface area contributed by atoms with Crippen molar-refractivity contribution in [3.63, 3.8) is 0 Å². The molecule has 2 aromatic rings. The van der Waals surface area contributed by atoms with Crippen LogP contribution in [0.2, 0.25) is 10.0 Å². The summed E-state index contributed by atoms with van der Waals surface area (Å²) in [5, 5.41) is 0.842. The molecule has 29 heavy (non-hydrogen) atoms. The van der Waals surface area contributed by atoms with Crippen LogP contribution in [0.25, 0.3) is 6.08 Å². The Hall–Kier alpha value is -1.99. The fourth-order valence-electron chi connectivity index (χ4n) is 2.95. The van der Waals surface area contributed by atoms with Gasteiger partial charge >= 0.3 is 0 Å². The highest BCUT2D eigenvalue weighted by Crippen LogP contribution is 2.41. The van der Waals surface area contributed by atoms with E-state index in [9.17, 15) is 4.79 Å². The second-order valence-corrected chi connectivity index (χ2v) is 8.54. The first kappa shape index (κ1) is 21.7. The number of benzene rings is 2. The number of carbonyl (C=O) groups is 1. The summed E-state index contributed by atoms with van der Waals surface area (Å²) in [6.07, 6.45) is 4.16. The lowest BCUT2D eigenvalue weighted by atomic mass is 10.0. The minimum atomic E-state index is -0.246. The number of ether oxygens (including phenoxy) is 2. The summed E-state index contributed by atoms with van der Waals surface area (Å²) in [6, 6.07) is 8.67. The fraction of sp³-hybridized carbons (Fsp3) is 0.143. The van der Waals surface area contributed by atoms with Crippen LogP contribution in [0.4, 0.5) is 5.69 Å². The van der Waals surface area contributed by atoms with Crippen LogP contribution in [0, 0.1) is 0 Å². The molecule has 0 N–H and O–H groups in total. The predicted molar refractivity (Wildman–Crippen MR) is 126 cm³/mol. The lowest BCUT2D eigenvalue weighted by Gasteiger charge is -2.16. The highest BCUT2D eigenvalue weighted by Gasteiger charge is 2.34. The second-order valence-electron chi connectivity index (χ2n) is 6.02. The maximum Gasteiger partial charge on any atom is 0.270 e. The van der Waals surface area contributed by atoms with E-state index in [-0.39, 0.29) is 5.91 Å². The van der Waals surface area contributed by atoms with Crippen LogP contribution >= 0.6 is 47.2 Å². The van der Waals surface area contributed by atoms with Crippen molar-refractivity contribution in [3.8, 4) is 11.5 Å². The van der Waals surface area contributed by atoms with Gasteiger partial charge in [0.15, 0.2) is 15.8 Å². The van der Waals surface area contributed by atoms with E-state index in [0.717, 1.165) is 11.1 Å². The number of carbonyl (C=O) groups excluding carboxylic acids is 1. The van der Waals surface area contributed by atoms with Crippen LogP contribution in [0.3, 0.4) is 0 Å². The van der Waals surface area contributed by atoms with Gasteiger partial charge in [-0.1, -0.05) is 53.3 Å². The molecule has 3 rings (SSSR count). The van der Waals surface area contributed by atoms with Crippen LogP contribution in [-0.4, -0.2) is 24.4 Å². The van der Waals surface area contributed by atoms with Crippen LogP contribution in [0.5, 0.6) is 11.5 Å². The van der Waals surface area contributed by atoms with Gasteiger partial charge in [-0.05, 0) is 48.4 Å². The number of amides is 1. The number of thioether (sulfide) groups is 1. The SMILES string of the molecule is C=CCc1cc(/C=C2/SC(=S)N(c3ccc(Cl)cc3Cl)C2=O)cc(OC)c1OC. The zero-order chi connectivity index (χ0) is 21.1. The summed E-state index contributed by atoms with van der Waals surface area (Å²) in [5.41, 5.74) is 2.20. The Bertz CT molecular complexity index is 1040. The Kier molecular flexibility index (Phi) is 6.90. The molecule has 1 fully saturated rings. The van der Waals surface area contributed by atoms with Crippen molar-refractivity contribution in [2.75, 3.05) is 19.1 Å². The number of halogens is 2. The molecule has 0 radical (unpaired) electrons. The number of nitrogens with zero attached hydrogens (tertiary/aromatic N) is 1. The number of methoxy groups -OCH3 is 2. The van der Waals surface area contributed by atoms with E-state index in [4.69, 9.17) is 44.9 Å². The van der Waals surface area contributed by atoms with E-state index in [0.29, 0.717) is 42.9 Å². The number of thiocarbonyl (C=S) groups is 1. The minimum absolute atomic E-state index is 0.246. The van der Waals surface area contributed by atoms with Gasteiger partial charge in [0.05, 0.1) is 29.8 Å². The third kappa shape index (κ3) is 4.46. The van der Waals surface area contributed by atoms with Gasteiger partial charge in [-0.3, -0.25) is 9.69 Å². The average molecular weight is 466 g/mol. The van der Waals surface area contributed by atoms with Gasteiger partial charge in [0, 0.05) is 10.6 Å². The Balaban J connectivity index is 2.01. The molecule has 4 nitrogen and oxygen atoms in total. The van der Waals surface area contributed by atoms with Crippen LogP contribution in [0.1, 0.15) is 11.1 Å². The van der Waals surface area contributed by atoms with Gasteiger partial charge in [0.25, 0.3) is 5.91 Å². The van der Waals surface area contributed by atoms with Gasteiger partial charge in [-0.25, -0.2) is 0 Å². The molecule has 1 amide bonds. The molecule has 2 aromatic carbocycles. The molecule has 0 aromatic heterocycles. The molecule has 0 atom stereocenters. The Morgan fingerprint density at radius 2 is 1.97 bits per heavy atom. The van der Waals surface area contributed by atoms with Gasteiger partial charge < -0.3 is 9.47 Å². The van der Waals surface area contributed by atoms with Gasteiger partial charge in [0.2, 0.25) is 0 Å². The molecule has 1 aliphatic rings. The second kappa shape index (κ2) is 9.22. The van der Waals surface area contributed by atoms with E-state index < -0.39 is 0 Å². The number of allylic oxidation sites excluding steroid dienone is 1. The number of rotatable bonds is 6. The monoisotopic (exact) mass is 465 g/mol. The molecule has 1 aliphatic heterocycles. The maximum absolute atomic E-state index is 13.0. The third-order valence-electron chi connectivity index (χ3n) is 4.18. The summed E-state index contributed by atoms with van der Waals surface area (Å²) >= 11 is 18.9. The molecule has 0 saturated carbocycles. The van der Waals surface area contributed by atoms with E-state index in [2.05, 4.69) is 6.58 Å². The van der Waals surface area contributed by atoms with Crippen molar-refractivity contribution in [2.24, 2.45) is 0 Å². The van der Waals surface area contributed by atoms with Crippen molar-refractivity contribution in [1.82, 2.24) is 0 Å². The van der Waals surface area contributed by atoms with Gasteiger partial charge in [-0.15, -0.1) is 6.58 Å². The molecule has 0 spiro atoms. The highest BCUT2D eigenvalue weighted by molar-refractivity contribution is 8.27. The molecular weight excluding hydrogens is 449 g/mol. The number of anilines is 1. The number of hydrogen-bond acceptors (Lipinski definition) is 5. The van der Waals surface area contributed by atoms with Crippen molar-refractivity contribution in [1.29, 1.82) is 0 Å². The smallest absolute Gasteiger partial charge is 0.270 e. The molecule has 0 bridgehead atoms. The standard InChI is InChI=1S/C21H17Cl2NO3S2/c1-4-5-13-8-12(9-17(26-2)19(13)27-3)10-18-20(25)24(21(28)29-18)16-7-6-14(22)11-15(16)23/h4,6-11H,1,5H2,2-3H3/b18-10+. The van der Waals surface area contributed by atoms with Gasteiger partial charge in [-0.2, -0.15) is 0 Å². The van der Waals surface area contributed by atoms with E-state index in [1.54, 1.807) is 44.6 Å².